The number of aromatic nitrogens is 1. The van der Waals surface area contributed by atoms with E-state index in [0.29, 0.717) is 5.69 Å². The summed E-state index contributed by atoms with van der Waals surface area (Å²) in [6.45, 7) is 3.92. The predicted octanol–water partition coefficient (Wildman–Crippen LogP) is 3.91. The lowest BCUT2D eigenvalue weighted by Gasteiger charge is -2.14. The van der Waals surface area contributed by atoms with Crippen LogP contribution < -0.4 is 5.32 Å². The third-order valence-electron chi connectivity index (χ3n) is 3.39. The van der Waals surface area contributed by atoms with Gasteiger partial charge in [-0.05, 0) is 42.5 Å². The number of nitrogens with one attached hydrogen (secondary N) is 1. The van der Waals surface area contributed by atoms with E-state index in [2.05, 4.69) is 15.0 Å². The zero-order chi connectivity index (χ0) is 16.9. The Morgan fingerprint density at radius 1 is 1.26 bits per heavy atom. The van der Waals surface area contributed by atoms with E-state index >= 15 is 0 Å². The molecule has 0 saturated heterocycles. The van der Waals surface area contributed by atoms with Crippen LogP contribution >= 0.6 is 11.3 Å². The molecule has 1 aromatic carbocycles. The van der Waals surface area contributed by atoms with Gasteiger partial charge in [0.05, 0.1) is 4.90 Å². The van der Waals surface area contributed by atoms with Gasteiger partial charge in [-0.2, -0.15) is 11.3 Å². The van der Waals surface area contributed by atoms with Gasteiger partial charge in [0.1, 0.15) is 0 Å². The molecule has 0 bridgehead atoms. The summed E-state index contributed by atoms with van der Waals surface area (Å²) < 4.78 is 28.0. The van der Waals surface area contributed by atoms with Crippen molar-refractivity contribution in [1.82, 2.24) is 4.98 Å². The third-order valence-corrected chi connectivity index (χ3v) is 5.46. The Balaban J connectivity index is 2.08. The average molecular weight is 352 g/mol. The summed E-state index contributed by atoms with van der Waals surface area (Å²) in [4.78, 5) is 15.9. The van der Waals surface area contributed by atoms with E-state index in [0.717, 1.165) is 24.2 Å². The molecule has 1 aromatic heterocycles. The number of hydrogen-bond acceptors (Lipinski definition) is 5. The van der Waals surface area contributed by atoms with Gasteiger partial charge < -0.3 is 15.0 Å². The highest BCUT2D eigenvalue weighted by molar-refractivity contribution is 7.94. The minimum atomic E-state index is -3.79. The minimum Gasteiger partial charge on any atom is -0.433 e. The van der Waals surface area contributed by atoms with Crippen molar-refractivity contribution in [3.8, 4) is 0 Å². The molecule has 0 atom stereocenters. The Labute approximate surface area is 140 Å². The van der Waals surface area contributed by atoms with Crippen molar-refractivity contribution in [3.05, 3.63) is 40.6 Å². The molecule has 2 aromatic rings. The topological polar surface area (TPSA) is 90.2 Å². The maximum atomic E-state index is 12.1. The van der Waals surface area contributed by atoms with Gasteiger partial charge in [-0.25, -0.2) is 8.42 Å². The van der Waals surface area contributed by atoms with E-state index in [9.17, 15) is 13.2 Å². The number of benzene rings is 1. The summed E-state index contributed by atoms with van der Waals surface area (Å²) in [6.07, 6.45) is 3.03. The monoisotopic (exact) mass is 352 g/mol. The third kappa shape index (κ3) is 4.52. The molecule has 124 valence electrons. The van der Waals surface area contributed by atoms with Gasteiger partial charge >= 0.3 is 0 Å². The Kier molecular flexibility index (Phi) is 5.73. The first-order valence-corrected chi connectivity index (χ1v) is 9.56. The molecule has 6 nitrogen and oxygen atoms in total. The number of sulfonamides is 1. The number of carbonyl (C=O) groups excluding carboxylic acids is 1. The lowest BCUT2D eigenvalue weighted by molar-refractivity contribution is -0.120. The Morgan fingerprint density at radius 2 is 1.91 bits per heavy atom. The number of nitrogens with zero attached hydrogens (tertiary/aromatic N) is 2. The van der Waals surface area contributed by atoms with E-state index in [4.69, 9.17) is 0 Å². The first-order chi connectivity index (χ1) is 11.0. The van der Waals surface area contributed by atoms with Crippen LogP contribution in [-0.2, 0) is 14.8 Å². The van der Waals surface area contributed by atoms with Gasteiger partial charge in [0.25, 0.3) is 0 Å². The molecule has 0 unspecified atom stereocenters. The van der Waals surface area contributed by atoms with Crippen LogP contribution in [0.5, 0.6) is 0 Å². The van der Waals surface area contributed by atoms with E-state index in [1.807, 2.05) is 13.8 Å². The molecule has 0 aliphatic rings. The SMILES string of the molecule is CCC(CC)C(=O)Nc1ccc(S(=O)(=O)[N-]c2nccs2)cc1. The second-order valence-electron chi connectivity index (χ2n) is 4.91. The molecule has 0 fully saturated rings. The lowest BCUT2D eigenvalue weighted by Crippen LogP contribution is -2.21. The quantitative estimate of drug-likeness (QED) is 0.818. The average Bonchev–Trinajstić information content (AvgIpc) is 3.01. The van der Waals surface area contributed by atoms with Gasteiger partial charge in [-0.3, -0.25) is 4.79 Å². The van der Waals surface area contributed by atoms with Gasteiger partial charge in [-0.1, -0.05) is 20.0 Å². The van der Waals surface area contributed by atoms with Gasteiger partial charge in [-0.15, -0.1) is 0 Å². The standard InChI is InChI=1S/C15H19N3O3S2/c1-3-11(4-2)14(19)17-12-5-7-13(8-6-12)23(20,21)18-15-16-9-10-22-15/h5-11H,3-4H2,1-2H3,(H2,16,17,18,19)/p-1. The summed E-state index contributed by atoms with van der Waals surface area (Å²) in [5.74, 6) is -0.101. The molecule has 1 amide bonds. The summed E-state index contributed by atoms with van der Waals surface area (Å²) >= 11 is 1.15. The van der Waals surface area contributed by atoms with Crippen molar-refractivity contribution in [2.75, 3.05) is 5.32 Å². The maximum absolute atomic E-state index is 12.1. The number of anilines is 1. The van der Waals surface area contributed by atoms with Crippen molar-refractivity contribution in [2.24, 2.45) is 5.92 Å². The highest BCUT2D eigenvalue weighted by Crippen LogP contribution is 2.29. The largest absolute Gasteiger partial charge is 0.433 e. The first-order valence-electron chi connectivity index (χ1n) is 7.24. The zero-order valence-corrected chi connectivity index (χ0v) is 14.5. The summed E-state index contributed by atoms with van der Waals surface area (Å²) in [5.41, 5.74) is 0.565. The number of hydrogen-bond donors (Lipinski definition) is 1. The molecule has 23 heavy (non-hydrogen) atoms. The van der Waals surface area contributed by atoms with Crippen LogP contribution in [-0.4, -0.2) is 19.3 Å². The molecule has 0 aliphatic heterocycles. The number of rotatable bonds is 7. The molecule has 2 rings (SSSR count). The summed E-state index contributed by atoms with van der Waals surface area (Å²) in [6, 6.07) is 5.97. The summed E-state index contributed by atoms with van der Waals surface area (Å²) in [5, 5.41) is 4.64. The van der Waals surface area contributed by atoms with Crippen LogP contribution in [0.4, 0.5) is 10.8 Å². The molecular formula is C15H18N3O3S2-. The Hall–Kier alpha value is -1.93. The van der Waals surface area contributed by atoms with Crippen LogP contribution in [0.15, 0.2) is 40.7 Å². The number of carbonyl (C=O) groups is 1. The number of thiazole rings is 1. The van der Waals surface area contributed by atoms with Crippen molar-refractivity contribution in [3.63, 3.8) is 0 Å². The minimum absolute atomic E-state index is 0.0432. The highest BCUT2D eigenvalue weighted by Gasteiger charge is 2.15. The van der Waals surface area contributed by atoms with Gasteiger partial charge in [0.2, 0.25) is 15.9 Å². The van der Waals surface area contributed by atoms with Crippen molar-refractivity contribution >= 4 is 38.1 Å². The fraction of sp³-hybridized carbons (Fsp3) is 0.333. The molecule has 1 heterocycles. The van der Waals surface area contributed by atoms with Crippen molar-refractivity contribution in [2.45, 2.75) is 31.6 Å². The highest BCUT2D eigenvalue weighted by atomic mass is 32.2. The van der Waals surface area contributed by atoms with E-state index in [1.165, 1.54) is 18.3 Å². The second-order valence-corrected chi connectivity index (χ2v) is 7.39. The molecular weight excluding hydrogens is 334 g/mol. The fourth-order valence-electron chi connectivity index (χ4n) is 2.03. The summed E-state index contributed by atoms with van der Waals surface area (Å²) in [7, 11) is -3.79. The molecule has 0 spiro atoms. The second kappa shape index (κ2) is 7.56. The van der Waals surface area contributed by atoms with Gasteiger partial charge in [0.15, 0.2) is 0 Å². The Morgan fingerprint density at radius 3 is 2.43 bits per heavy atom. The molecule has 0 saturated carbocycles. The van der Waals surface area contributed by atoms with E-state index < -0.39 is 10.0 Å². The normalized spacial score (nSPS) is 11.4. The lowest BCUT2D eigenvalue weighted by atomic mass is 10.0. The molecule has 1 N–H and O–H groups in total. The first kappa shape index (κ1) is 17.4. The molecule has 0 aliphatic carbocycles. The molecule has 0 radical (unpaired) electrons. The van der Waals surface area contributed by atoms with Crippen LogP contribution in [0, 0.1) is 5.92 Å². The number of amides is 1. The maximum Gasteiger partial charge on any atom is 0.227 e. The van der Waals surface area contributed by atoms with Crippen molar-refractivity contribution < 1.29 is 13.2 Å². The zero-order valence-electron chi connectivity index (χ0n) is 12.9. The predicted molar refractivity (Wildman–Crippen MR) is 91.5 cm³/mol. The smallest absolute Gasteiger partial charge is 0.227 e. The van der Waals surface area contributed by atoms with Crippen LogP contribution in [0.3, 0.4) is 0 Å². The van der Waals surface area contributed by atoms with Crippen LogP contribution in [0.1, 0.15) is 26.7 Å². The van der Waals surface area contributed by atoms with Crippen molar-refractivity contribution in [1.29, 1.82) is 0 Å². The van der Waals surface area contributed by atoms with E-state index in [-0.39, 0.29) is 21.9 Å². The van der Waals surface area contributed by atoms with Crippen LogP contribution in [0.25, 0.3) is 4.72 Å². The molecule has 8 heteroatoms. The van der Waals surface area contributed by atoms with Crippen LogP contribution in [0.2, 0.25) is 0 Å². The fourth-order valence-corrected chi connectivity index (χ4v) is 3.70. The Bertz CT molecular complexity index is 737. The van der Waals surface area contributed by atoms with E-state index in [1.54, 1.807) is 17.5 Å². The van der Waals surface area contributed by atoms with Gasteiger partial charge in [0, 0.05) is 16.7 Å².